The molecule has 0 aliphatic rings. The Kier molecular flexibility index (Phi) is 3.15. The zero-order valence-electron chi connectivity index (χ0n) is 9.26. The molecule has 2 rings (SSSR count). The summed E-state index contributed by atoms with van der Waals surface area (Å²) in [7, 11) is 0. The zero-order valence-corrected chi connectivity index (χ0v) is 9.26. The molecule has 16 heavy (non-hydrogen) atoms. The van der Waals surface area contributed by atoms with E-state index in [0.29, 0.717) is 6.42 Å². The molecule has 3 nitrogen and oxygen atoms in total. The molecular weight excluding hydrogens is 200 g/mol. The monoisotopic (exact) mass is 214 g/mol. The summed E-state index contributed by atoms with van der Waals surface area (Å²) in [5.74, 6) is 0.0433. The van der Waals surface area contributed by atoms with Gasteiger partial charge < -0.3 is 0 Å². The Bertz CT molecular complexity index is 457. The first-order chi connectivity index (χ1) is 7.79. The first-order valence-electron chi connectivity index (χ1n) is 5.38. The van der Waals surface area contributed by atoms with E-state index in [2.05, 4.69) is 24.0 Å². The summed E-state index contributed by atoms with van der Waals surface area (Å²) >= 11 is 0. The van der Waals surface area contributed by atoms with Crippen LogP contribution in [-0.2, 0) is 12.8 Å². The lowest BCUT2D eigenvalue weighted by Gasteiger charge is -2.02. The number of aromatic nitrogens is 2. The van der Waals surface area contributed by atoms with Crippen LogP contribution in [0.1, 0.15) is 22.8 Å². The van der Waals surface area contributed by atoms with E-state index in [1.165, 1.54) is 16.5 Å². The van der Waals surface area contributed by atoms with Crippen molar-refractivity contribution in [2.24, 2.45) is 0 Å². The second-order valence-corrected chi connectivity index (χ2v) is 3.71. The minimum Gasteiger partial charge on any atom is -0.276 e. The van der Waals surface area contributed by atoms with Gasteiger partial charge in [0.15, 0.2) is 0 Å². The molecule has 0 saturated heterocycles. The molecule has 3 heteroatoms. The lowest BCUT2D eigenvalue weighted by Crippen LogP contribution is -2.11. The lowest BCUT2D eigenvalue weighted by molar-refractivity contribution is 0.0914. The fourth-order valence-electron chi connectivity index (χ4n) is 1.57. The molecule has 0 bridgehead atoms. The van der Waals surface area contributed by atoms with Crippen LogP contribution in [0.3, 0.4) is 0 Å². The molecule has 0 aliphatic heterocycles. The maximum Gasteiger partial charge on any atom is 0.236 e. The Balaban J connectivity index is 2.06. The second-order valence-electron chi connectivity index (χ2n) is 3.71. The maximum atomic E-state index is 11.8. The summed E-state index contributed by atoms with van der Waals surface area (Å²) < 4.78 is 1.51. The van der Waals surface area contributed by atoms with Crippen molar-refractivity contribution in [3.05, 3.63) is 54.1 Å². The van der Waals surface area contributed by atoms with Gasteiger partial charge in [0.2, 0.25) is 5.91 Å². The van der Waals surface area contributed by atoms with Crippen molar-refractivity contribution in [1.82, 2.24) is 9.55 Å². The predicted molar refractivity (Wildman–Crippen MR) is 62.4 cm³/mol. The van der Waals surface area contributed by atoms with E-state index in [-0.39, 0.29) is 5.91 Å². The van der Waals surface area contributed by atoms with E-state index in [4.69, 9.17) is 0 Å². The first kappa shape index (κ1) is 10.6. The Morgan fingerprint density at radius 2 is 1.94 bits per heavy atom. The van der Waals surface area contributed by atoms with Gasteiger partial charge in [-0.2, -0.15) is 0 Å². The maximum absolute atomic E-state index is 11.8. The fraction of sp³-hybridized carbons (Fsp3) is 0.231. The van der Waals surface area contributed by atoms with Crippen molar-refractivity contribution in [2.45, 2.75) is 19.8 Å². The van der Waals surface area contributed by atoms with Crippen LogP contribution in [0.25, 0.3) is 0 Å². The molecule has 0 amide bonds. The molecule has 0 spiro atoms. The predicted octanol–water partition coefficient (Wildman–Crippen LogP) is 2.33. The van der Waals surface area contributed by atoms with Gasteiger partial charge in [0.05, 0.1) is 6.42 Å². The number of hydrogen-bond acceptors (Lipinski definition) is 2. The van der Waals surface area contributed by atoms with Crippen molar-refractivity contribution in [3.63, 3.8) is 0 Å². The van der Waals surface area contributed by atoms with Crippen LogP contribution < -0.4 is 0 Å². The molecule has 0 unspecified atom stereocenters. The minimum absolute atomic E-state index is 0.0433. The van der Waals surface area contributed by atoms with E-state index in [1.54, 1.807) is 12.4 Å². The third-order valence-electron chi connectivity index (χ3n) is 2.58. The molecule has 0 radical (unpaired) electrons. The Labute approximate surface area is 94.7 Å². The first-order valence-corrected chi connectivity index (χ1v) is 5.38. The molecule has 0 N–H and O–H groups in total. The summed E-state index contributed by atoms with van der Waals surface area (Å²) in [5, 5.41) is 0. The smallest absolute Gasteiger partial charge is 0.236 e. The Hall–Kier alpha value is -1.90. The van der Waals surface area contributed by atoms with Crippen LogP contribution in [-0.4, -0.2) is 15.5 Å². The highest BCUT2D eigenvalue weighted by Gasteiger charge is 2.04. The van der Waals surface area contributed by atoms with Gasteiger partial charge in [-0.3, -0.25) is 9.36 Å². The molecule has 0 saturated carbocycles. The van der Waals surface area contributed by atoms with Gasteiger partial charge in [-0.1, -0.05) is 31.2 Å². The molecule has 0 fully saturated rings. The van der Waals surface area contributed by atoms with E-state index in [9.17, 15) is 4.79 Å². The SMILES string of the molecule is CCc1ccc(CC(=O)n2ccnc2)cc1. The van der Waals surface area contributed by atoms with Gasteiger partial charge in [0.25, 0.3) is 0 Å². The van der Waals surface area contributed by atoms with Crippen LogP contribution >= 0.6 is 0 Å². The average molecular weight is 214 g/mol. The number of nitrogens with zero attached hydrogens (tertiary/aromatic N) is 2. The van der Waals surface area contributed by atoms with E-state index in [1.807, 2.05) is 12.1 Å². The number of benzene rings is 1. The number of rotatable bonds is 3. The van der Waals surface area contributed by atoms with Crippen LogP contribution in [0.4, 0.5) is 0 Å². The van der Waals surface area contributed by atoms with Crippen molar-refractivity contribution in [3.8, 4) is 0 Å². The highest BCUT2D eigenvalue weighted by atomic mass is 16.2. The summed E-state index contributed by atoms with van der Waals surface area (Å²) in [5.41, 5.74) is 2.33. The number of aryl methyl sites for hydroxylation is 1. The largest absolute Gasteiger partial charge is 0.276 e. The van der Waals surface area contributed by atoms with Gasteiger partial charge in [-0.25, -0.2) is 4.98 Å². The number of imidazole rings is 1. The molecule has 82 valence electrons. The third-order valence-corrected chi connectivity index (χ3v) is 2.58. The van der Waals surface area contributed by atoms with Crippen LogP contribution in [0.5, 0.6) is 0 Å². The van der Waals surface area contributed by atoms with Gasteiger partial charge in [-0.05, 0) is 17.5 Å². The zero-order chi connectivity index (χ0) is 11.4. The van der Waals surface area contributed by atoms with Gasteiger partial charge in [0.1, 0.15) is 6.33 Å². The summed E-state index contributed by atoms with van der Waals surface area (Å²) in [4.78, 5) is 15.6. The lowest BCUT2D eigenvalue weighted by atomic mass is 10.1. The van der Waals surface area contributed by atoms with Crippen LogP contribution in [0.15, 0.2) is 43.0 Å². The standard InChI is InChI=1S/C13H14N2O/c1-2-11-3-5-12(6-4-11)9-13(16)15-8-7-14-10-15/h3-8,10H,2,9H2,1H3. The van der Waals surface area contributed by atoms with Gasteiger partial charge in [-0.15, -0.1) is 0 Å². The van der Waals surface area contributed by atoms with Crippen molar-refractivity contribution in [1.29, 1.82) is 0 Å². The molecule has 0 atom stereocenters. The second kappa shape index (κ2) is 4.75. The van der Waals surface area contributed by atoms with E-state index in [0.717, 1.165) is 12.0 Å². The quantitative estimate of drug-likeness (QED) is 0.786. The molecule has 1 aromatic heterocycles. The normalized spacial score (nSPS) is 10.3. The summed E-state index contributed by atoms with van der Waals surface area (Å²) in [6.45, 7) is 2.12. The number of hydrogen-bond donors (Lipinski definition) is 0. The Morgan fingerprint density at radius 1 is 1.25 bits per heavy atom. The van der Waals surface area contributed by atoms with Gasteiger partial charge >= 0.3 is 0 Å². The summed E-state index contributed by atoms with van der Waals surface area (Å²) in [6.07, 6.45) is 6.25. The van der Waals surface area contributed by atoms with Crippen molar-refractivity contribution < 1.29 is 4.79 Å². The number of carbonyl (C=O) groups excluding carboxylic acids is 1. The van der Waals surface area contributed by atoms with Crippen LogP contribution in [0, 0.1) is 0 Å². The average Bonchev–Trinajstić information content (AvgIpc) is 2.83. The fourth-order valence-corrected chi connectivity index (χ4v) is 1.57. The van der Waals surface area contributed by atoms with Crippen molar-refractivity contribution in [2.75, 3.05) is 0 Å². The molecule has 2 aromatic rings. The van der Waals surface area contributed by atoms with Gasteiger partial charge in [0, 0.05) is 12.4 Å². The van der Waals surface area contributed by atoms with Crippen molar-refractivity contribution >= 4 is 5.91 Å². The molecule has 1 aromatic carbocycles. The van der Waals surface area contributed by atoms with E-state index < -0.39 is 0 Å². The summed E-state index contributed by atoms with van der Waals surface area (Å²) in [6, 6.07) is 8.15. The third kappa shape index (κ3) is 2.37. The highest BCUT2D eigenvalue weighted by Crippen LogP contribution is 2.06. The molecule has 0 aliphatic carbocycles. The highest BCUT2D eigenvalue weighted by molar-refractivity contribution is 5.80. The molecule has 1 heterocycles. The number of carbonyl (C=O) groups is 1. The van der Waals surface area contributed by atoms with Crippen LogP contribution in [0.2, 0.25) is 0 Å². The van der Waals surface area contributed by atoms with E-state index >= 15 is 0 Å². The minimum atomic E-state index is 0.0433. The Morgan fingerprint density at radius 3 is 2.50 bits per heavy atom. The topological polar surface area (TPSA) is 34.9 Å². The molecular formula is C13H14N2O.